The van der Waals surface area contributed by atoms with E-state index in [1.165, 1.54) is 11.3 Å². The molecule has 8 heteroatoms. The van der Waals surface area contributed by atoms with Crippen LogP contribution < -0.4 is 4.74 Å². The average Bonchev–Trinajstić information content (AvgIpc) is 3.44. The minimum Gasteiger partial charge on any atom is -0.497 e. The van der Waals surface area contributed by atoms with Crippen LogP contribution in [0.25, 0.3) is 22.3 Å². The Morgan fingerprint density at radius 2 is 1.94 bits per heavy atom. The first-order valence-corrected chi connectivity index (χ1v) is 10.9. The summed E-state index contributed by atoms with van der Waals surface area (Å²) in [7, 11) is 3.67. The van der Waals surface area contributed by atoms with Crippen LogP contribution in [-0.2, 0) is 11.8 Å². The molecule has 0 saturated carbocycles. The second kappa shape index (κ2) is 8.37. The van der Waals surface area contributed by atoms with E-state index in [0.717, 1.165) is 22.2 Å². The van der Waals surface area contributed by atoms with Gasteiger partial charge >= 0.3 is 0 Å². The summed E-state index contributed by atoms with van der Waals surface area (Å²) >= 11 is 0. The highest BCUT2D eigenvalue weighted by Gasteiger charge is 2.30. The van der Waals surface area contributed by atoms with E-state index in [9.17, 15) is 4.79 Å². The third-order valence-electron chi connectivity index (χ3n) is 6.47. The van der Waals surface area contributed by atoms with Crippen LogP contribution in [0.4, 0.5) is 0 Å². The number of aromatic nitrogens is 3. The number of methoxy groups -OCH3 is 1. The van der Waals surface area contributed by atoms with Gasteiger partial charge < -0.3 is 23.5 Å². The molecular formula is C25H26N4O4. The van der Waals surface area contributed by atoms with E-state index in [1.54, 1.807) is 12.0 Å². The number of hydrogen-bond donors (Lipinski definition) is 0. The Morgan fingerprint density at radius 1 is 1.15 bits per heavy atom. The summed E-state index contributed by atoms with van der Waals surface area (Å²) in [6.45, 7) is 5.45. The fourth-order valence-electron chi connectivity index (χ4n) is 4.28. The van der Waals surface area contributed by atoms with E-state index in [2.05, 4.69) is 28.6 Å². The molecule has 4 aromatic rings. The van der Waals surface area contributed by atoms with Crippen molar-refractivity contribution in [3.63, 3.8) is 0 Å². The van der Waals surface area contributed by atoms with Crippen molar-refractivity contribution in [2.45, 2.75) is 20.0 Å². The number of hydrogen-bond acceptors (Lipinski definition) is 6. The molecule has 8 nitrogen and oxygen atoms in total. The van der Waals surface area contributed by atoms with Gasteiger partial charge in [0, 0.05) is 41.3 Å². The van der Waals surface area contributed by atoms with E-state index >= 15 is 0 Å². The van der Waals surface area contributed by atoms with E-state index in [-0.39, 0.29) is 5.91 Å². The van der Waals surface area contributed by atoms with Crippen LogP contribution in [-0.4, -0.2) is 52.3 Å². The molecule has 2 aromatic carbocycles. The molecular weight excluding hydrogens is 420 g/mol. The summed E-state index contributed by atoms with van der Waals surface area (Å²) in [5, 5.41) is 5.19. The SMILES string of the molecule is COc1ccc(-c2noc([C@@H]3CN(C(=O)c4ccc5c(c4)c(C)c(C)n5C)CCO3)n2)cc1. The van der Waals surface area contributed by atoms with Gasteiger partial charge in [-0.1, -0.05) is 5.16 Å². The van der Waals surface area contributed by atoms with Crippen molar-refractivity contribution < 1.29 is 18.8 Å². The largest absolute Gasteiger partial charge is 0.497 e. The number of carbonyl (C=O) groups excluding carboxylic acids is 1. The molecule has 0 bridgehead atoms. The second-order valence-electron chi connectivity index (χ2n) is 8.30. The molecule has 0 spiro atoms. The molecule has 1 aliphatic rings. The molecule has 1 amide bonds. The number of amides is 1. The van der Waals surface area contributed by atoms with E-state index in [1.807, 2.05) is 49.5 Å². The van der Waals surface area contributed by atoms with Gasteiger partial charge in [0.1, 0.15) is 5.75 Å². The minimum absolute atomic E-state index is 0.0269. The lowest BCUT2D eigenvalue weighted by atomic mass is 10.1. The number of aryl methyl sites for hydroxylation is 2. The van der Waals surface area contributed by atoms with Crippen molar-refractivity contribution in [1.82, 2.24) is 19.6 Å². The van der Waals surface area contributed by atoms with Crippen LogP contribution in [0, 0.1) is 13.8 Å². The second-order valence-corrected chi connectivity index (χ2v) is 8.30. The van der Waals surface area contributed by atoms with Gasteiger partial charge in [-0.05, 0) is 61.9 Å². The maximum absolute atomic E-state index is 13.3. The maximum Gasteiger partial charge on any atom is 0.257 e. The lowest BCUT2D eigenvalue weighted by Crippen LogP contribution is -2.42. The lowest BCUT2D eigenvalue weighted by molar-refractivity contribution is -0.0367. The van der Waals surface area contributed by atoms with Crippen LogP contribution in [0.5, 0.6) is 5.75 Å². The third-order valence-corrected chi connectivity index (χ3v) is 6.47. The van der Waals surface area contributed by atoms with Crippen LogP contribution in [0.1, 0.15) is 33.6 Å². The monoisotopic (exact) mass is 446 g/mol. The van der Waals surface area contributed by atoms with Gasteiger partial charge in [0.05, 0.1) is 20.3 Å². The fourth-order valence-corrected chi connectivity index (χ4v) is 4.28. The summed E-state index contributed by atoms with van der Waals surface area (Å²) in [4.78, 5) is 19.6. The first-order valence-electron chi connectivity index (χ1n) is 10.9. The Balaban J connectivity index is 1.34. The van der Waals surface area contributed by atoms with Gasteiger partial charge in [0.15, 0.2) is 6.10 Å². The van der Waals surface area contributed by atoms with E-state index in [4.69, 9.17) is 14.0 Å². The molecule has 0 N–H and O–H groups in total. The number of fused-ring (bicyclic) bond motifs is 1. The molecule has 1 aliphatic heterocycles. The van der Waals surface area contributed by atoms with Crippen LogP contribution >= 0.6 is 0 Å². The quantitative estimate of drug-likeness (QED) is 0.470. The van der Waals surface area contributed by atoms with Gasteiger partial charge in [-0.2, -0.15) is 4.98 Å². The van der Waals surface area contributed by atoms with Crippen LogP contribution in [0.15, 0.2) is 47.0 Å². The minimum atomic E-state index is -0.466. The molecule has 170 valence electrons. The highest BCUT2D eigenvalue weighted by Crippen LogP contribution is 2.28. The molecule has 0 unspecified atom stereocenters. The first kappa shape index (κ1) is 21.2. The number of carbonyl (C=O) groups is 1. The topological polar surface area (TPSA) is 82.6 Å². The van der Waals surface area contributed by atoms with Crippen molar-refractivity contribution in [1.29, 1.82) is 0 Å². The van der Waals surface area contributed by atoms with Crippen molar-refractivity contribution in [2.75, 3.05) is 26.8 Å². The molecule has 0 aliphatic carbocycles. The molecule has 33 heavy (non-hydrogen) atoms. The summed E-state index contributed by atoms with van der Waals surface area (Å²) in [6, 6.07) is 13.3. The predicted octanol–water partition coefficient (Wildman–Crippen LogP) is 4.07. The fraction of sp³-hybridized carbons (Fsp3) is 0.320. The molecule has 5 rings (SSSR count). The van der Waals surface area contributed by atoms with Crippen LogP contribution in [0.3, 0.4) is 0 Å². The summed E-state index contributed by atoms with van der Waals surface area (Å²) in [5.74, 6) is 1.57. The Labute approximate surface area is 191 Å². The zero-order chi connectivity index (χ0) is 23.1. The Kier molecular flexibility index (Phi) is 5.38. The van der Waals surface area contributed by atoms with Crippen molar-refractivity contribution >= 4 is 16.8 Å². The third kappa shape index (κ3) is 3.76. The maximum atomic E-state index is 13.3. The molecule has 0 radical (unpaired) electrons. The van der Waals surface area contributed by atoms with E-state index in [0.29, 0.717) is 37.0 Å². The van der Waals surface area contributed by atoms with E-state index < -0.39 is 6.10 Å². The summed E-state index contributed by atoms with van der Waals surface area (Å²) < 4.78 is 18.7. The Morgan fingerprint density at radius 3 is 2.70 bits per heavy atom. The normalized spacial score (nSPS) is 16.4. The van der Waals surface area contributed by atoms with Gasteiger partial charge in [-0.15, -0.1) is 0 Å². The molecule has 1 saturated heterocycles. The summed E-state index contributed by atoms with van der Waals surface area (Å²) in [6.07, 6.45) is -0.466. The number of rotatable bonds is 4. The molecule has 1 atom stereocenters. The predicted molar refractivity (Wildman–Crippen MR) is 123 cm³/mol. The van der Waals surface area contributed by atoms with Crippen molar-refractivity contribution in [3.8, 4) is 17.1 Å². The lowest BCUT2D eigenvalue weighted by Gasteiger charge is -2.31. The van der Waals surface area contributed by atoms with Gasteiger partial charge in [0.2, 0.25) is 5.82 Å². The average molecular weight is 447 g/mol. The highest BCUT2D eigenvalue weighted by molar-refractivity contribution is 5.99. The molecule has 2 aromatic heterocycles. The van der Waals surface area contributed by atoms with Gasteiger partial charge in [-0.3, -0.25) is 4.79 Å². The van der Waals surface area contributed by atoms with Gasteiger partial charge in [-0.25, -0.2) is 0 Å². The molecule has 3 heterocycles. The Bertz CT molecular complexity index is 1320. The standard InChI is InChI=1S/C25H26N4O4/c1-15-16(2)28(3)21-10-7-18(13-20(15)21)25(30)29-11-12-32-22(14-29)24-26-23(27-33-24)17-5-8-19(31-4)9-6-17/h5-10,13,22H,11-12,14H2,1-4H3/t22-/m0/s1. The van der Waals surface area contributed by atoms with Crippen molar-refractivity contribution in [2.24, 2.45) is 7.05 Å². The zero-order valence-corrected chi connectivity index (χ0v) is 19.2. The molecule has 1 fully saturated rings. The first-order chi connectivity index (χ1) is 16.0. The number of nitrogens with zero attached hydrogens (tertiary/aromatic N) is 4. The number of morpholine rings is 1. The highest BCUT2D eigenvalue weighted by atomic mass is 16.5. The zero-order valence-electron chi connectivity index (χ0n) is 19.2. The Hall–Kier alpha value is -3.65. The smallest absolute Gasteiger partial charge is 0.257 e. The summed E-state index contributed by atoms with van der Waals surface area (Å²) in [5.41, 5.74) is 5.00. The van der Waals surface area contributed by atoms with Crippen molar-refractivity contribution in [3.05, 3.63) is 65.2 Å². The number of ether oxygens (including phenoxy) is 2. The number of benzene rings is 2. The van der Waals surface area contributed by atoms with Crippen LogP contribution in [0.2, 0.25) is 0 Å². The van der Waals surface area contributed by atoms with Gasteiger partial charge in [0.25, 0.3) is 11.8 Å².